The van der Waals surface area contributed by atoms with Crippen LogP contribution in [0.25, 0.3) is 0 Å². The van der Waals surface area contributed by atoms with Crippen LogP contribution in [0.1, 0.15) is 54.4 Å². The number of carbonyl (C=O) groups is 2. The summed E-state index contributed by atoms with van der Waals surface area (Å²) in [5, 5.41) is 3.09. The van der Waals surface area contributed by atoms with Gasteiger partial charge in [-0.1, -0.05) is 30.3 Å². The van der Waals surface area contributed by atoms with Crippen LogP contribution >= 0.6 is 0 Å². The molecule has 2 aromatic carbocycles. The average molecular weight is 475 g/mol. The van der Waals surface area contributed by atoms with Crippen LogP contribution in [0.4, 0.5) is 11.4 Å². The molecule has 2 amide bonds. The van der Waals surface area contributed by atoms with E-state index < -0.39 is 0 Å². The van der Waals surface area contributed by atoms with Gasteiger partial charge >= 0.3 is 0 Å². The first-order chi connectivity index (χ1) is 17.1. The van der Waals surface area contributed by atoms with Crippen molar-refractivity contribution in [3.05, 3.63) is 59.7 Å². The van der Waals surface area contributed by atoms with Gasteiger partial charge < -0.3 is 20.0 Å². The highest BCUT2D eigenvalue weighted by Crippen LogP contribution is 2.39. The summed E-state index contributed by atoms with van der Waals surface area (Å²) in [4.78, 5) is 32.2. The van der Waals surface area contributed by atoms with Crippen LogP contribution in [0, 0.1) is 5.92 Å². The second-order valence-corrected chi connectivity index (χ2v) is 10.4. The van der Waals surface area contributed by atoms with Crippen molar-refractivity contribution in [2.24, 2.45) is 5.92 Å². The third-order valence-electron chi connectivity index (χ3n) is 8.04. The molecular formula is C29H38N4O2. The maximum atomic E-state index is 12.9. The topological polar surface area (TPSA) is 55.9 Å². The molecule has 0 aliphatic carbocycles. The Morgan fingerprint density at radius 3 is 2.57 bits per heavy atom. The van der Waals surface area contributed by atoms with Gasteiger partial charge in [0.15, 0.2) is 0 Å². The van der Waals surface area contributed by atoms with Crippen molar-refractivity contribution < 1.29 is 9.59 Å². The van der Waals surface area contributed by atoms with Crippen LogP contribution < -0.4 is 15.1 Å². The molecule has 6 nitrogen and oxygen atoms in total. The van der Waals surface area contributed by atoms with E-state index in [1.54, 1.807) is 4.90 Å². The molecule has 1 atom stereocenters. The lowest BCUT2D eigenvalue weighted by Crippen LogP contribution is -2.54. The zero-order valence-corrected chi connectivity index (χ0v) is 20.9. The number of anilines is 2. The second kappa shape index (κ2) is 10.8. The highest BCUT2D eigenvalue weighted by Gasteiger charge is 2.38. The summed E-state index contributed by atoms with van der Waals surface area (Å²) in [7, 11) is 1.83. The van der Waals surface area contributed by atoms with Crippen LogP contribution in [0.15, 0.2) is 48.5 Å². The molecule has 186 valence electrons. The van der Waals surface area contributed by atoms with Crippen molar-refractivity contribution in [1.82, 2.24) is 10.2 Å². The van der Waals surface area contributed by atoms with Gasteiger partial charge in [-0.3, -0.25) is 9.59 Å². The van der Waals surface area contributed by atoms with E-state index >= 15 is 0 Å². The van der Waals surface area contributed by atoms with Gasteiger partial charge in [0.25, 0.3) is 5.91 Å². The molecule has 0 saturated carbocycles. The molecule has 0 spiro atoms. The minimum atomic E-state index is -0.0593. The fraction of sp³-hybridized carbons (Fsp3) is 0.517. The molecule has 3 heterocycles. The zero-order chi connectivity index (χ0) is 24.2. The number of nitrogens with zero attached hydrogens (tertiary/aromatic N) is 3. The smallest absolute Gasteiger partial charge is 0.251 e. The molecule has 2 fully saturated rings. The molecule has 3 aliphatic heterocycles. The van der Waals surface area contributed by atoms with Gasteiger partial charge in [-0.25, -0.2) is 0 Å². The molecule has 2 aromatic rings. The number of nitrogens with one attached hydrogen (secondary N) is 1. The van der Waals surface area contributed by atoms with Gasteiger partial charge in [-0.05, 0) is 94.3 Å². The van der Waals surface area contributed by atoms with Crippen molar-refractivity contribution in [2.75, 3.05) is 49.6 Å². The first-order valence-corrected chi connectivity index (χ1v) is 13.3. The zero-order valence-electron chi connectivity index (χ0n) is 20.9. The fourth-order valence-corrected chi connectivity index (χ4v) is 5.96. The van der Waals surface area contributed by atoms with Gasteiger partial charge in [0, 0.05) is 25.7 Å². The number of hydrogen-bond acceptors (Lipinski definition) is 4. The van der Waals surface area contributed by atoms with Gasteiger partial charge in [0.05, 0.1) is 11.4 Å². The normalized spacial score (nSPS) is 20.9. The summed E-state index contributed by atoms with van der Waals surface area (Å²) in [5.41, 5.74) is 3.99. The highest BCUT2D eigenvalue weighted by molar-refractivity contribution is 6.07. The Hall–Kier alpha value is -2.86. The largest absolute Gasteiger partial charge is 0.358 e. The number of hydrogen-bond donors (Lipinski definition) is 1. The molecule has 35 heavy (non-hydrogen) atoms. The monoisotopic (exact) mass is 474 g/mol. The van der Waals surface area contributed by atoms with E-state index in [9.17, 15) is 9.59 Å². The molecule has 1 N–H and O–H groups in total. The lowest BCUT2D eigenvalue weighted by molar-refractivity contribution is -0.120. The number of amides is 2. The first kappa shape index (κ1) is 23.9. The summed E-state index contributed by atoms with van der Waals surface area (Å²) in [6, 6.07) is 16.6. The van der Waals surface area contributed by atoms with Crippen LogP contribution in [0.2, 0.25) is 0 Å². The Kier molecular flexibility index (Phi) is 7.37. The van der Waals surface area contributed by atoms with Crippen molar-refractivity contribution in [3.8, 4) is 0 Å². The number of benzene rings is 2. The number of likely N-dealkylation sites (tertiary alicyclic amines) is 1. The highest BCUT2D eigenvalue weighted by atomic mass is 16.2. The predicted octanol–water partition coefficient (Wildman–Crippen LogP) is 4.10. The van der Waals surface area contributed by atoms with Gasteiger partial charge in [-0.2, -0.15) is 0 Å². The molecule has 0 radical (unpaired) electrons. The standard InChI is InChI=1S/C29H38N4O2/c1-31-27-21-24(11-12-25(27)33-17-6-5-10-26(33)29(31)35)28(34)30-15-7-16-32-18-13-23(14-19-32)20-22-8-3-2-4-9-22/h2-4,8-9,11-12,21,23,26H,5-7,10,13-20H2,1H3,(H,30,34). The quantitative estimate of drug-likeness (QED) is 0.614. The molecule has 2 saturated heterocycles. The number of likely N-dealkylation sites (N-methyl/N-ethyl adjacent to an activating group) is 1. The van der Waals surface area contributed by atoms with Crippen LogP contribution in [-0.2, 0) is 11.2 Å². The minimum Gasteiger partial charge on any atom is -0.358 e. The van der Waals surface area contributed by atoms with E-state index in [4.69, 9.17) is 0 Å². The summed E-state index contributed by atoms with van der Waals surface area (Å²) < 4.78 is 0. The van der Waals surface area contributed by atoms with Crippen molar-refractivity contribution in [3.63, 3.8) is 0 Å². The van der Waals surface area contributed by atoms with E-state index in [-0.39, 0.29) is 17.9 Å². The Labute approximate surface area is 209 Å². The van der Waals surface area contributed by atoms with Crippen molar-refractivity contribution in [1.29, 1.82) is 0 Å². The lowest BCUT2D eigenvalue weighted by Gasteiger charge is -2.44. The summed E-state index contributed by atoms with van der Waals surface area (Å²) in [6.45, 7) is 4.90. The van der Waals surface area contributed by atoms with E-state index in [1.165, 1.54) is 24.8 Å². The maximum absolute atomic E-state index is 12.9. The van der Waals surface area contributed by atoms with Gasteiger partial charge in [0.1, 0.15) is 6.04 Å². The lowest BCUT2D eigenvalue weighted by atomic mass is 9.90. The van der Waals surface area contributed by atoms with Crippen LogP contribution in [0.3, 0.4) is 0 Å². The molecule has 5 rings (SSSR count). The Morgan fingerprint density at radius 2 is 1.77 bits per heavy atom. The van der Waals surface area contributed by atoms with Crippen molar-refractivity contribution in [2.45, 2.75) is 51.0 Å². The molecular weight excluding hydrogens is 436 g/mol. The van der Waals surface area contributed by atoms with E-state index in [2.05, 4.69) is 45.4 Å². The third-order valence-corrected chi connectivity index (χ3v) is 8.04. The fourth-order valence-electron chi connectivity index (χ4n) is 5.96. The summed E-state index contributed by atoms with van der Waals surface area (Å²) in [6.07, 6.45) is 7.76. The third kappa shape index (κ3) is 5.37. The van der Waals surface area contributed by atoms with E-state index in [0.29, 0.717) is 12.1 Å². The number of carbonyl (C=O) groups excluding carboxylic acids is 2. The Balaban J connectivity index is 1.07. The van der Waals surface area contributed by atoms with Crippen LogP contribution in [-0.4, -0.2) is 62.5 Å². The SMILES string of the molecule is CN1C(=O)C2CCCCN2c2ccc(C(=O)NCCCN3CCC(Cc4ccccc4)CC3)cc21. The Bertz CT molecular complexity index is 1030. The first-order valence-electron chi connectivity index (χ1n) is 13.3. The van der Waals surface area contributed by atoms with Gasteiger partial charge in [0.2, 0.25) is 5.91 Å². The maximum Gasteiger partial charge on any atom is 0.251 e. The Morgan fingerprint density at radius 1 is 0.971 bits per heavy atom. The molecule has 3 aliphatic rings. The number of fused-ring (bicyclic) bond motifs is 3. The van der Waals surface area contributed by atoms with Crippen LogP contribution in [0.5, 0.6) is 0 Å². The van der Waals surface area contributed by atoms with E-state index in [1.807, 2.05) is 25.2 Å². The molecule has 1 unspecified atom stereocenters. The summed E-state index contributed by atoms with van der Waals surface area (Å²) in [5.74, 6) is 0.862. The number of rotatable bonds is 7. The van der Waals surface area contributed by atoms with E-state index in [0.717, 1.165) is 69.2 Å². The van der Waals surface area contributed by atoms with Gasteiger partial charge in [-0.15, -0.1) is 0 Å². The number of piperidine rings is 2. The summed E-state index contributed by atoms with van der Waals surface area (Å²) >= 11 is 0. The average Bonchev–Trinajstić information content (AvgIpc) is 2.91. The molecule has 6 heteroatoms. The predicted molar refractivity (Wildman–Crippen MR) is 141 cm³/mol. The molecule has 0 bridgehead atoms. The van der Waals surface area contributed by atoms with Crippen molar-refractivity contribution >= 4 is 23.2 Å². The molecule has 0 aromatic heterocycles. The minimum absolute atomic E-state index is 0.0515. The second-order valence-electron chi connectivity index (χ2n) is 10.4.